The summed E-state index contributed by atoms with van der Waals surface area (Å²) in [7, 11) is 1.56. The fourth-order valence-electron chi connectivity index (χ4n) is 2.35. The number of nitrogens with zero attached hydrogens (tertiary/aromatic N) is 2. The molecule has 0 aliphatic heterocycles. The monoisotopic (exact) mass is 325 g/mol. The first-order valence-corrected chi connectivity index (χ1v) is 7.06. The van der Waals surface area contributed by atoms with Crippen LogP contribution in [0.3, 0.4) is 0 Å². The van der Waals surface area contributed by atoms with Gasteiger partial charge in [-0.2, -0.15) is 5.10 Å². The van der Waals surface area contributed by atoms with E-state index in [4.69, 9.17) is 10.5 Å². The Hall–Kier alpha value is -3.48. The first kappa shape index (κ1) is 15.4. The van der Waals surface area contributed by atoms with Crippen molar-refractivity contribution in [2.24, 2.45) is 5.73 Å². The lowest BCUT2D eigenvalue weighted by atomic mass is 10.1. The van der Waals surface area contributed by atoms with E-state index in [1.807, 2.05) is 0 Å². The molecule has 0 fully saturated rings. The molecule has 2 aromatic carbocycles. The molecule has 122 valence electrons. The minimum atomic E-state index is -0.650. The average Bonchev–Trinajstić information content (AvgIpc) is 3.00. The van der Waals surface area contributed by atoms with Crippen molar-refractivity contribution >= 4 is 5.91 Å². The highest BCUT2D eigenvalue weighted by Gasteiger charge is 2.17. The van der Waals surface area contributed by atoms with Crippen molar-refractivity contribution in [1.29, 1.82) is 0 Å². The number of ether oxygens (including phenoxy) is 1. The molecule has 0 spiro atoms. The van der Waals surface area contributed by atoms with Crippen LogP contribution in [-0.2, 0) is 0 Å². The largest absolute Gasteiger partial charge is 0.508 e. The molecule has 0 aliphatic rings. The minimum Gasteiger partial charge on any atom is -0.508 e. The summed E-state index contributed by atoms with van der Waals surface area (Å²) in [5, 5.41) is 23.7. The van der Waals surface area contributed by atoms with E-state index in [9.17, 15) is 15.0 Å². The molecule has 1 aromatic heterocycles. The summed E-state index contributed by atoms with van der Waals surface area (Å²) in [6.45, 7) is 0. The quantitative estimate of drug-likeness (QED) is 0.680. The number of methoxy groups -OCH3 is 1. The van der Waals surface area contributed by atoms with Gasteiger partial charge < -0.3 is 20.7 Å². The molecule has 4 N–H and O–H groups in total. The molecule has 0 unspecified atom stereocenters. The molecule has 1 heterocycles. The number of phenols is 2. The molecule has 7 nitrogen and oxygen atoms in total. The number of aromatic nitrogens is 2. The maximum atomic E-state index is 11.7. The molecule has 0 saturated heterocycles. The zero-order valence-corrected chi connectivity index (χ0v) is 12.8. The summed E-state index contributed by atoms with van der Waals surface area (Å²) in [5.41, 5.74) is 6.96. The molecule has 3 aromatic rings. The molecular weight excluding hydrogens is 310 g/mol. The first-order chi connectivity index (χ1) is 11.5. The van der Waals surface area contributed by atoms with Gasteiger partial charge in [0, 0.05) is 11.6 Å². The number of benzene rings is 2. The lowest BCUT2D eigenvalue weighted by molar-refractivity contribution is 0.0993. The van der Waals surface area contributed by atoms with E-state index in [0.717, 1.165) is 0 Å². The maximum Gasteiger partial charge on any atom is 0.267 e. The average molecular weight is 325 g/mol. The number of hydrogen-bond acceptors (Lipinski definition) is 5. The molecule has 7 heteroatoms. The second-order valence-corrected chi connectivity index (χ2v) is 5.09. The highest BCUT2D eigenvalue weighted by molar-refractivity contribution is 5.93. The van der Waals surface area contributed by atoms with Crippen LogP contribution >= 0.6 is 0 Å². The predicted octanol–water partition coefficient (Wildman–Crippen LogP) is 2.06. The third-order valence-corrected chi connectivity index (χ3v) is 3.54. The molecular formula is C17H15N3O4. The van der Waals surface area contributed by atoms with Crippen molar-refractivity contribution < 1.29 is 19.7 Å². The molecule has 0 aliphatic carbocycles. The highest BCUT2D eigenvalue weighted by Crippen LogP contribution is 2.32. The lowest BCUT2D eigenvalue weighted by Gasteiger charge is -2.06. The number of rotatable bonds is 4. The molecule has 0 saturated carbocycles. The Balaban J connectivity index is 2.12. The van der Waals surface area contributed by atoms with Crippen molar-refractivity contribution in [2.45, 2.75) is 0 Å². The summed E-state index contributed by atoms with van der Waals surface area (Å²) >= 11 is 0. The van der Waals surface area contributed by atoms with Crippen LogP contribution in [0.5, 0.6) is 17.2 Å². The molecule has 3 rings (SSSR count). The maximum absolute atomic E-state index is 11.7. The van der Waals surface area contributed by atoms with Crippen LogP contribution in [0.1, 0.15) is 10.5 Å². The van der Waals surface area contributed by atoms with Crippen LogP contribution in [0.4, 0.5) is 0 Å². The van der Waals surface area contributed by atoms with Crippen LogP contribution in [0.15, 0.2) is 48.5 Å². The van der Waals surface area contributed by atoms with E-state index in [1.165, 1.54) is 28.9 Å². The zero-order chi connectivity index (χ0) is 17.3. The predicted molar refractivity (Wildman–Crippen MR) is 87.4 cm³/mol. The van der Waals surface area contributed by atoms with Crippen LogP contribution in [0.2, 0.25) is 0 Å². The van der Waals surface area contributed by atoms with Gasteiger partial charge in [0.15, 0.2) is 0 Å². The van der Waals surface area contributed by atoms with E-state index < -0.39 is 5.91 Å². The number of hydrogen-bond donors (Lipinski definition) is 3. The molecule has 0 radical (unpaired) electrons. The summed E-state index contributed by atoms with van der Waals surface area (Å²) in [5.74, 6) is -0.197. The normalized spacial score (nSPS) is 10.5. The lowest BCUT2D eigenvalue weighted by Crippen LogP contribution is -2.16. The number of carbonyl (C=O) groups is 1. The number of primary amides is 1. The van der Waals surface area contributed by atoms with Gasteiger partial charge in [0.1, 0.15) is 22.9 Å². The Kier molecular flexibility index (Phi) is 3.83. The molecule has 24 heavy (non-hydrogen) atoms. The number of amides is 1. The smallest absolute Gasteiger partial charge is 0.267 e. The van der Waals surface area contributed by atoms with Crippen molar-refractivity contribution in [2.75, 3.05) is 7.11 Å². The van der Waals surface area contributed by atoms with Crippen LogP contribution in [-0.4, -0.2) is 33.0 Å². The van der Waals surface area contributed by atoms with Crippen molar-refractivity contribution in [3.8, 4) is 34.2 Å². The Labute approximate surface area is 137 Å². The highest BCUT2D eigenvalue weighted by atomic mass is 16.5. The van der Waals surface area contributed by atoms with Gasteiger partial charge in [-0.05, 0) is 42.5 Å². The van der Waals surface area contributed by atoms with Gasteiger partial charge >= 0.3 is 0 Å². The number of aromatic hydroxyl groups is 2. The van der Waals surface area contributed by atoms with E-state index in [-0.39, 0.29) is 17.2 Å². The van der Waals surface area contributed by atoms with Crippen LogP contribution in [0, 0.1) is 0 Å². The van der Waals surface area contributed by atoms with Gasteiger partial charge in [-0.15, -0.1) is 0 Å². The van der Waals surface area contributed by atoms with E-state index in [1.54, 1.807) is 31.4 Å². The fraction of sp³-hybridized carbons (Fsp3) is 0.0588. The summed E-state index contributed by atoms with van der Waals surface area (Å²) in [6, 6.07) is 12.6. The van der Waals surface area contributed by atoms with Gasteiger partial charge in [-0.25, -0.2) is 4.68 Å². The molecule has 0 bridgehead atoms. The topological polar surface area (TPSA) is 111 Å². The second kappa shape index (κ2) is 5.96. The number of nitrogens with two attached hydrogens (primary N) is 1. The van der Waals surface area contributed by atoms with Gasteiger partial charge in [-0.1, -0.05) is 0 Å². The van der Waals surface area contributed by atoms with Gasteiger partial charge in [-0.3, -0.25) is 4.79 Å². The Morgan fingerprint density at radius 2 is 1.83 bits per heavy atom. The van der Waals surface area contributed by atoms with Crippen molar-refractivity contribution in [3.05, 3.63) is 54.2 Å². The van der Waals surface area contributed by atoms with E-state index >= 15 is 0 Å². The van der Waals surface area contributed by atoms with Gasteiger partial charge in [0.05, 0.1) is 18.5 Å². The third kappa shape index (κ3) is 2.74. The molecule has 0 atom stereocenters. The second-order valence-electron chi connectivity index (χ2n) is 5.09. The zero-order valence-electron chi connectivity index (χ0n) is 12.8. The van der Waals surface area contributed by atoms with Gasteiger partial charge in [0.2, 0.25) is 0 Å². The number of phenolic OH excluding ortho intramolecular Hbond substituents is 2. The Morgan fingerprint density at radius 1 is 1.12 bits per heavy atom. The fourth-order valence-corrected chi connectivity index (χ4v) is 2.35. The minimum absolute atomic E-state index is 0.0686. The van der Waals surface area contributed by atoms with E-state index in [0.29, 0.717) is 22.7 Å². The van der Waals surface area contributed by atoms with Crippen LogP contribution < -0.4 is 10.5 Å². The Morgan fingerprint density at radius 3 is 2.42 bits per heavy atom. The number of carbonyl (C=O) groups excluding carboxylic acids is 1. The Bertz CT molecular complexity index is 901. The summed E-state index contributed by atoms with van der Waals surface area (Å²) < 4.78 is 6.50. The standard InChI is InChI=1S/C17H15N3O4/c1-24-12-5-2-10(3-6-12)20-15(17(18)23)9-14(19-20)13-7-4-11(21)8-16(13)22/h2-9,21-22H,1H3,(H2,18,23). The van der Waals surface area contributed by atoms with Crippen LogP contribution in [0.25, 0.3) is 16.9 Å². The van der Waals surface area contributed by atoms with Gasteiger partial charge in [0.25, 0.3) is 5.91 Å². The first-order valence-electron chi connectivity index (χ1n) is 7.06. The van der Waals surface area contributed by atoms with Crippen molar-refractivity contribution in [1.82, 2.24) is 9.78 Å². The van der Waals surface area contributed by atoms with Crippen molar-refractivity contribution in [3.63, 3.8) is 0 Å². The van der Waals surface area contributed by atoms with E-state index in [2.05, 4.69) is 5.10 Å². The summed E-state index contributed by atoms with van der Waals surface area (Å²) in [6.07, 6.45) is 0. The SMILES string of the molecule is COc1ccc(-n2nc(-c3ccc(O)cc3O)cc2C(N)=O)cc1. The third-order valence-electron chi connectivity index (χ3n) is 3.54. The summed E-state index contributed by atoms with van der Waals surface area (Å²) in [4.78, 5) is 11.7. The molecule has 1 amide bonds.